The number of hydrogen-bond acceptors (Lipinski definition) is 4. The zero-order valence-corrected chi connectivity index (χ0v) is 12.7. The number of likely N-dealkylation sites (N-methyl/N-ethyl adjacent to an activating group) is 1. The summed E-state index contributed by atoms with van der Waals surface area (Å²) in [6, 6.07) is 6.79. The van der Waals surface area contributed by atoms with Gasteiger partial charge >= 0.3 is 0 Å². The standard InChI is InChI=1S/C15H23N3O3/c1-4-9-15(2,16)14(20)18-11-5-7-12(8-6-11)21-10-13(19)17-3/h5-8H,4,9-10,16H2,1-3H3,(H,17,19)(H,18,20). The quantitative estimate of drug-likeness (QED) is 0.705. The summed E-state index contributed by atoms with van der Waals surface area (Å²) in [6.45, 7) is 3.66. The lowest BCUT2D eigenvalue weighted by molar-refractivity contribution is -0.122. The third-order valence-corrected chi connectivity index (χ3v) is 3.05. The summed E-state index contributed by atoms with van der Waals surface area (Å²) < 4.78 is 5.28. The number of ether oxygens (including phenoxy) is 1. The van der Waals surface area contributed by atoms with Crippen LogP contribution < -0.4 is 21.1 Å². The second-order valence-corrected chi connectivity index (χ2v) is 5.11. The second-order valence-electron chi connectivity index (χ2n) is 5.11. The largest absolute Gasteiger partial charge is 0.484 e. The van der Waals surface area contributed by atoms with Crippen molar-refractivity contribution in [2.24, 2.45) is 5.73 Å². The normalized spacial score (nSPS) is 13.1. The minimum absolute atomic E-state index is 0.0421. The topological polar surface area (TPSA) is 93.5 Å². The van der Waals surface area contributed by atoms with Gasteiger partial charge in [0.1, 0.15) is 5.75 Å². The third kappa shape index (κ3) is 5.43. The fourth-order valence-electron chi connectivity index (χ4n) is 1.76. The summed E-state index contributed by atoms with van der Waals surface area (Å²) in [5, 5.41) is 5.24. The third-order valence-electron chi connectivity index (χ3n) is 3.05. The van der Waals surface area contributed by atoms with Crippen LogP contribution in [0.25, 0.3) is 0 Å². The van der Waals surface area contributed by atoms with Crippen LogP contribution in [0.4, 0.5) is 5.69 Å². The number of hydrogen-bond donors (Lipinski definition) is 3. The molecule has 0 fully saturated rings. The molecule has 0 saturated heterocycles. The van der Waals surface area contributed by atoms with Gasteiger partial charge in [-0.15, -0.1) is 0 Å². The van der Waals surface area contributed by atoms with Gasteiger partial charge in [0, 0.05) is 12.7 Å². The van der Waals surface area contributed by atoms with E-state index in [0.717, 1.165) is 6.42 Å². The Bertz CT molecular complexity index is 483. The number of anilines is 1. The predicted octanol–water partition coefficient (Wildman–Crippen LogP) is 1.27. The number of carbonyl (C=O) groups is 2. The Morgan fingerprint density at radius 2 is 1.90 bits per heavy atom. The van der Waals surface area contributed by atoms with Crippen molar-refractivity contribution in [2.75, 3.05) is 19.0 Å². The average molecular weight is 293 g/mol. The van der Waals surface area contributed by atoms with Crippen molar-refractivity contribution in [1.82, 2.24) is 5.32 Å². The van der Waals surface area contributed by atoms with Gasteiger partial charge in [-0.3, -0.25) is 9.59 Å². The molecule has 1 aromatic carbocycles. The molecule has 1 unspecified atom stereocenters. The van der Waals surface area contributed by atoms with Crippen molar-refractivity contribution >= 4 is 17.5 Å². The van der Waals surface area contributed by atoms with Gasteiger partial charge < -0.3 is 21.1 Å². The molecule has 116 valence electrons. The molecule has 1 atom stereocenters. The van der Waals surface area contributed by atoms with Gasteiger partial charge in [0.05, 0.1) is 5.54 Å². The molecule has 0 heterocycles. The van der Waals surface area contributed by atoms with Crippen LogP contribution in [0.1, 0.15) is 26.7 Å². The summed E-state index contributed by atoms with van der Waals surface area (Å²) in [7, 11) is 1.55. The molecule has 0 bridgehead atoms. The Labute approximate surface area is 125 Å². The molecule has 0 aromatic heterocycles. The van der Waals surface area contributed by atoms with Crippen LogP contribution in [0.3, 0.4) is 0 Å². The Morgan fingerprint density at radius 3 is 2.43 bits per heavy atom. The van der Waals surface area contributed by atoms with E-state index in [0.29, 0.717) is 17.9 Å². The van der Waals surface area contributed by atoms with Crippen LogP contribution in [0.5, 0.6) is 5.75 Å². The Hall–Kier alpha value is -2.08. The first-order valence-corrected chi connectivity index (χ1v) is 6.93. The van der Waals surface area contributed by atoms with Crippen LogP contribution in [0.15, 0.2) is 24.3 Å². The maximum atomic E-state index is 12.0. The number of benzene rings is 1. The smallest absolute Gasteiger partial charge is 0.257 e. The Balaban J connectivity index is 2.58. The van der Waals surface area contributed by atoms with E-state index in [2.05, 4.69) is 10.6 Å². The number of nitrogens with two attached hydrogens (primary N) is 1. The van der Waals surface area contributed by atoms with E-state index in [1.165, 1.54) is 0 Å². The molecule has 21 heavy (non-hydrogen) atoms. The first-order valence-electron chi connectivity index (χ1n) is 6.93. The summed E-state index contributed by atoms with van der Waals surface area (Å²) in [6.07, 6.45) is 1.46. The molecule has 2 amide bonds. The summed E-state index contributed by atoms with van der Waals surface area (Å²) in [5.41, 5.74) is 5.72. The van der Waals surface area contributed by atoms with E-state index < -0.39 is 5.54 Å². The van der Waals surface area contributed by atoms with E-state index >= 15 is 0 Å². The van der Waals surface area contributed by atoms with Gasteiger partial charge in [-0.05, 0) is 37.6 Å². The van der Waals surface area contributed by atoms with Crippen molar-refractivity contribution in [3.8, 4) is 5.75 Å². The lowest BCUT2D eigenvalue weighted by Crippen LogP contribution is -2.48. The Morgan fingerprint density at radius 1 is 1.29 bits per heavy atom. The van der Waals surface area contributed by atoms with Gasteiger partial charge in [0.2, 0.25) is 5.91 Å². The highest BCUT2D eigenvalue weighted by molar-refractivity contribution is 5.97. The van der Waals surface area contributed by atoms with Gasteiger partial charge in [-0.2, -0.15) is 0 Å². The molecule has 1 rings (SSSR count). The first-order chi connectivity index (χ1) is 9.89. The Kier molecular flexibility index (Phi) is 6.17. The fourth-order valence-corrected chi connectivity index (χ4v) is 1.76. The SMILES string of the molecule is CCCC(C)(N)C(=O)Nc1ccc(OCC(=O)NC)cc1. The summed E-state index contributed by atoms with van der Waals surface area (Å²) in [5.74, 6) is 0.134. The van der Waals surface area contributed by atoms with Crippen LogP contribution in [0, 0.1) is 0 Å². The molecule has 0 radical (unpaired) electrons. The van der Waals surface area contributed by atoms with Crippen LogP contribution in [0.2, 0.25) is 0 Å². The van der Waals surface area contributed by atoms with Crippen LogP contribution in [-0.2, 0) is 9.59 Å². The maximum absolute atomic E-state index is 12.0. The summed E-state index contributed by atoms with van der Waals surface area (Å²) >= 11 is 0. The minimum Gasteiger partial charge on any atom is -0.484 e. The maximum Gasteiger partial charge on any atom is 0.257 e. The lowest BCUT2D eigenvalue weighted by atomic mass is 9.96. The molecule has 4 N–H and O–H groups in total. The van der Waals surface area contributed by atoms with Gasteiger partial charge in [-0.25, -0.2) is 0 Å². The monoisotopic (exact) mass is 293 g/mol. The average Bonchev–Trinajstić information content (AvgIpc) is 2.46. The minimum atomic E-state index is -0.886. The van der Waals surface area contributed by atoms with Crippen molar-refractivity contribution in [2.45, 2.75) is 32.2 Å². The number of rotatable bonds is 7. The molecule has 6 heteroatoms. The molecule has 6 nitrogen and oxygen atoms in total. The van der Waals surface area contributed by atoms with Gasteiger partial charge in [-0.1, -0.05) is 13.3 Å². The molecular weight excluding hydrogens is 270 g/mol. The van der Waals surface area contributed by atoms with E-state index in [4.69, 9.17) is 10.5 Å². The van der Waals surface area contributed by atoms with Gasteiger partial charge in [0.25, 0.3) is 5.91 Å². The zero-order chi connectivity index (χ0) is 15.9. The van der Waals surface area contributed by atoms with Crippen molar-refractivity contribution in [1.29, 1.82) is 0 Å². The van der Waals surface area contributed by atoms with E-state index in [-0.39, 0.29) is 18.4 Å². The van der Waals surface area contributed by atoms with Crippen molar-refractivity contribution < 1.29 is 14.3 Å². The molecule has 0 spiro atoms. The molecule has 1 aromatic rings. The van der Waals surface area contributed by atoms with E-state index in [1.807, 2.05) is 6.92 Å². The van der Waals surface area contributed by atoms with E-state index in [1.54, 1.807) is 38.2 Å². The highest BCUT2D eigenvalue weighted by Gasteiger charge is 2.27. The van der Waals surface area contributed by atoms with Crippen LogP contribution in [-0.4, -0.2) is 31.0 Å². The highest BCUT2D eigenvalue weighted by atomic mass is 16.5. The highest BCUT2D eigenvalue weighted by Crippen LogP contribution is 2.18. The summed E-state index contributed by atoms with van der Waals surface area (Å²) in [4.78, 5) is 23.1. The number of carbonyl (C=O) groups excluding carboxylic acids is 2. The molecular formula is C15H23N3O3. The molecule has 0 aliphatic rings. The van der Waals surface area contributed by atoms with Crippen molar-refractivity contribution in [3.63, 3.8) is 0 Å². The van der Waals surface area contributed by atoms with Crippen LogP contribution >= 0.6 is 0 Å². The zero-order valence-electron chi connectivity index (χ0n) is 12.7. The molecule has 0 saturated carbocycles. The fraction of sp³-hybridized carbons (Fsp3) is 0.467. The number of amides is 2. The second kappa shape index (κ2) is 7.64. The molecule has 0 aliphatic heterocycles. The lowest BCUT2D eigenvalue weighted by Gasteiger charge is -2.22. The van der Waals surface area contributed by atoms with Gasteiger partial charge in [0.15, 0.2) is 6.61 Å². The molecule has 0 aliphatic carbocycles. The number of nitrogens with one attached hydrogen (secondary N) is 2. The predicted molar refractivity (Wildman–Crippen MR) is 82.1 cm³/mol. The van der Waals surface area contributed by atoms with Crippen molar-refractivity contribution in [3.05, 3.63) is 24.3 Å². The van der Waals surface area contributed by atoms with E-state index in [9.17, 15) is 9.59 Å². The first kappa shape index (κ1) is 17.0.